The standard InChI is InChI=1S/C22H29NO2/c24-22(19-13-14-25-16-19)23(15-17-7-2-1-3-8-17)21-12-6-10-18-9-4-5-11-20(18)21/h1-2,4-5,9,11,17,19,21H,3,6-8,10,12-16H2/t17-,19+,21-/m0/s1. The summed E-state index contributed by atoms with van der Waals surface area (Å²) in [6, 6.07) is 8.99. The largest absolute Gasteiger partial charge is 0.381 e. The number of hydrogen-bond donors (Lipinski definition) is 0. The Labute approximate surface area is 151 Å². The number of ether oxygens (including phenoxy) is 1. The zero-order chi connectivity index (χ0) is 17.1. The summed E-state index contributed by atoms with van der Waals surface area (Å²) in [6.45, 7) is 2.24. The van der Waals surface area contributed by atoms with Gasteiger partial charge in [0.2, 0.25) is 5.91 Å². The summed E-state index contributed by atoms with van der Waals surface area (Å²) in [7, 11) is 0. The molecule has 1 aromatic carbocycles. The van der Waals surface area contributed by atoms with Crippen molar-refractivity contribution in [3.63, 3.8) is 0 Å². The molecule has 2 aliphatic carbocycles. The third-order valence-electron chi connectivity index (χ3n) is 6.11. The lowest BCUT2D eigenvalue weighted by molar-refractivity contribution is -0.139. The fraction of sp³-hybridized carbons (Fsp3) is 0.591. The molecule has 4 rings (SSSR count). The molecule has 3 nitrogen and oxygen atoms in total. The average molecular weight is 339 g/mol. The lowest BCUT2D eigenvalue weighted by Crippen LogP contribution is -2.43. The molecule has 3 aliphatic rings. The number of fused-ring (bicyclic) bond motifs is 1. The summed E-state index contributed by atoms with van der Waals surface area (Å²) < 4.78 is 5.52. The predicted molar refractivity (Wildman–Crippen MR) is 99.2 cm³/mol. The van der Waals surface area contributed by atoms with E-state index in [2.05, 4.69) is 41.3 Å². The summed E-state index contributed by atoms with van der Waals surface area (Å²) >= 11 is 0. The van der Waals surface area contributed by atoms with Gasteiger partial charge in [-0.1, -0.05) is 36.4 Å². The van der Waals surface area contributed by atoms with Gasteiger partial charge in [-0.25, -0.2) is 0 Å². The molecule has 0 N–H and O–H groups in total. The van der Waals surface area contributed by atoms with E-state index in [9.17, 15) is 4.79 Å². The number of allylic oxidation sites excluding steroid dienone is 2. The minimum atomic E-state index is 0.0632. The number of rotatable bonds is 4. The van der Waals surface area contributed by atoms with Crippen molar-refractivity contribution in [2.24, 2.45) is 11.8 Å². The van der Waals surface area contributed by atoms with Crippen LogP contribution in [0.25, 0.3) is 0 Å². The highest BCUT2D eigenvalue weighted by Crippen LogP contribution is 2.37. The van der Waals surface area contributed by atoms with E-state index in [4.69, 9.17) is 4.74 Å². The van der Waals surface area contributed by atoms with E-state index < -0.39 is 0 Å². The van der Waals surface area contributed by atoms with E-state index in [-0.39, 0.29) is 12.0 Å². The van der Waals surface area contributed by atoms with Gasteiger partial charge in [-0.2, -0.15) is 0 Å². The minimum Gasteiger partial charge on any atom is -0.381 e. The Bertz CT molecular complexity index is 633. The Balaban J connectivity index is 1.60. The van der Waals surface area contributed by atoms with Gasteiger partial charge in [0.05, 0.1) is 18.6 Å². The molecule has 1 aromatic rings. The minimum absolute atomic E-state index is 0.0632. The average Bonchev–Trinajstić information content (AvgIpc) is 3.21. The molecule has 3 atom stereocenters. The number of amides is 1. The number of carbonyl (C=O) groups excluding carboxylic acids is 1. The second kappa shape index (κ2) is 7.74. The first-order valence-corrected chi connectivity index (χ1v) is 9.94. The summed E-state index contributed by atoms with van der Waals surface area (Å²) in [4.78, 5) is 15.6. The quantitative estimate of drug-likeness (QED) is 0.766. The first-order chi connectivity index (χ1) is 12.3. The van der Waals surface area contributed by atoms with E-state index in [1.807, 2.05) is 0 Å². The molecular weight excluding hydrogens is 310 g/mol. The SMILES string of the molecule is O=C([C@@H]1CCOC1)N(C[C@H]1CC=CCC1)[C@H]1CCCc2ccccc21. The van der Waals surface area contributed by atoms with Crippen LogP contribution < -0.4 is 0 Å². The first kappa shape index (κ1) is 16.8. The van der Waals surface area contributed by atoms with Crippen LogP contribution in [-0.4, -0.2) is 30.6 Å². The molecule has 25 heavy (non-hydrogen) atoms. The number of carbonyl (C=O) groups is 1. The fourth-order valence-corrected chi connectivity index (χ4v) is 4.69. The van der Waals surface area contributed by atoms with Gasteiger partial charge in [0.15, 0.2) is 0 Å². The van der Waals surface area contributed by atoms with Crippen molar-refractivity contribution in [1.82, 2.24) is 4.90 Å². The van der Waals surface area contributed by atoms with E-state index in [1.165, 1.54) is 24.0 Å². The summed E-state index contributed by atoms with van der Waals surface area (Å²) in [6.07, 6.45) is 12.3. The highest BCUT2D eigenvalue weighted by molar-refractivity contribution is 5.80. The van der Waals surface area contributed by atoms with Crippen LogP contribution in [0, 0.1) is 11.8 Å². The van der Waals surface area contributed by atoms with Gasteiger partial charge in [0.25, 0.3) is 0 Å². The summed E-state index contributed by atoms with van der Waals surface area (Å²) in [5.74, 6) is 0.993. The Morgan fingerprint density at radius 1 is 1.16 bits per heavy atom. The molecule has 134 valence electrons. The van der Waals surface area contributed by atoms with Crippen molar-refractivity contribution in [3.05, 3.63) is 47.5 Å². The lowest BCUT2D eigenvalue weighted by Gasteiger charge is -2.39. The van der Waals surface area contributed by atoms with Crippen LogP contribution in [0.5, 0.6) is 0 Å². The second-order valence-electron chi connectivity index (χ2n) is 7.81. The van der Waals surface area contributed by atoms with Crippen LogP contribution in [0.3, 0.4) is 0 Å². The molecular formula is C22H29NO2. The topological polar surface area (TPSA) is 29.5 Å². The molecule has 0 bridgehead atoms. The number of nitrogens with zero attached hydrogens (tertiary/aromatic N) is 1. The molecule has 3 heteroatoms. The molecule has 1 aliphatic heterocycles. The van der Waals surface area contributed by atoms with Crippen molar-refractivity contribution < 1.29 is 9.53 Å². The van der Waals surface area contributed by atoms with Crippen LogP contribution in [0.4, 0.5) is 0 Å². The smallest absolute Gasteiger partial charge is 0.228 e. The maximum absolute atomic E-state index is 13.4. The van der Waals surface area contributed by atoms with Gasteiger partial charge >= 0.3 is 0 Å². The van der Waals surface area contributed by atoms with Crippen molar-refractivity contribution in [1.29, 1.82) is 0 Å². The van der Waals surface area contributed by atoms with Crippen molar-refractivity contribution in [2.45, 2.75) is 51.0 Å². The maximum atomic E-state index is 13.4. The fourth-order valence-electron chi connectivity index (χ4n) is 4.69. The predicted octanol–water partition coefficient (Wildman–Crippen LogP) is 4.29. The third kappa shape index (κ3) is 3.67. The molecule has 1 fully saturated rings. The van der Waals surface area contributed by atoms with Crippen LogP contribution in [0.1, 0.15) is 55.7 Å². The Hall–Kier alpha value is -1.61. The van der Waals surface area contributed by atoms with Gasteiger partial charge < -0.3 is 9.64 Å². The van der Waals surface area contributed by atoms with Gasteiger partial charge in [0.1, 0.15) is 0 Å². The van der Waals surface area contributed by atoms with Gasteiger partial charge in [-0.05, 0) is 62.0 Å². The van der Waals surface area contributed by atoms with E-state index in [1.54, 1.807) is 0 Å². The Morgan fingerprint density at radius 3 is 2.88 bits per heavy atom. The monoisotopic (exact) mass is 339 g/mol. The molecule has 1 heterocycles. The van der Waals surface area contributed by atoms with Crippen LogP contribution >= 0.6 is 0 Å². The van der Waals surface area contributed by atoms with Gasteiger partial charge in [0, 0.05) is 13.2 Å². The summed E-state index contributed by atoms with van der Waals surface area (Å²) in [5.41, 5.74) is 2.81. The normalized spacial score (nSPS) is 28.6. The molecule has 0 unspecified atom stereocenters. The van der Waals surface area contributed by atoms with Crippen LogP contribution in [-0.2, 0) is 16.0 Å². The Morgan fingerprint density at radius 2 is 2.08 bits per heavy atom. The molecule has 0 aromatic heterocycles. The molecule has 0 radical (unpaired) electrons. The van der Waals surface area contributed by atoms with Gasteiger partial charge in [-0.15, -0.1) is 0 Å². The zero-order valence-corrected chi connectivity index (χ0v) is 15.0. The van der Waals surface area contributed by atoms with Crippen LogP contribution in [0.2, 0.25) is 0 Å². The number of benzene rings is 1. The molecule has 0 spiro atoms. The van der Waals surface area contributed by atoms with Crippen molar-refractivity contribution >= 4 is 5.91 Å². The highest BCUT2D eigenvalue weighted by Gasteiger charge is 2.35. The van der Waals surface area contributed by atoms with Crippen LogP contribution in [0.15, 0.2) is 36.4 Å². The number of hydrogen-bond acceptors (Lipinski definition) is 2. The lowest BCUT2D eigenvalue weighted by atomic mass is 9.85. The Kier molecular flexibility index (Phi) is 5.21. The highest BCUT2D eigenvalue weighted by atomic mass is 16.5. The van der Waals surface area contributed by atoms with E-state index in [0.717, 1.165) is 45.3 Å². The third-order valence-corrected chi connectivity index (χ3v) is 6.11. The molecule has 1 amide bonds. The molecule has 0 saturated carbocycles. The second-order valence-corrected chi connectivity index (χ2v) is 7.81. The maximum Gasteiger partial charge on any atom is 0.228 e. The number of aryl methyl sites for hydroxylation is 1. The molecule has 1 saturated heterocycles. The van der Waals surface area contributed by atoms with Crippen molar-refractivity contribution in [3.8, 4) is 0 Å². The van der Waals surface area contributed by atoms with Crippen molar-refractivity contribution in [2.75, 3.05) is 19.8 Å². The van der Waals surface area contributed by atoms with Gasteiger partial charge in [-0.3, -0.25) is 4.79 Å². The zero-order valence-electron chi connectivity index (χ0n) is 15.0. The summed E-state index contributed by atoms with van der Waals surface area (Å²) in [5, 5.41) is 0. The van der Waals surface area contributed by atoms with E-state index in [0.29, 0.717) is 18.4 Å². The first-order valence-electron chi connectivity index (χ1n) is 9.94. The van der Waals surface area contributed by atoms with E-state index >= 15 is 0 Å².